The van der Waals surface area contributed by atoms with Crippen LogP contribution in [0.3, 0.4) is 0 Å². The van der Waals surface area contributed by atoms with Gasteiger partial charge >= 0.3 is 0 Å². The van der Waals surface area contributed by atoms with Gasteiger partial charge in [-0.1, -0.05) is 32.4 Å². The van der Waals surface area contributed by atoms with Crippen LogP contribution in [0.1, 0.15) is 51.1 Å². The first-order valence-electron chi connectivity index (χ1n) is 6.73. The second-order valence-corrected chi connectivity index (χ2v) is 5.18. The summed E-state index contributed by atoms with van der Waals surface area (Å²) < 4.78 is 5.80. The van der Waals surface area contributed by atoms with E-state index in [1.54, 1.807) is 0 Å². The number of benzene rings is 1. The molecule has 1 fully saturated rings. The molecular formula is C15H23NO. The lowest BCUT2D eigenvalue weighted by atomic mass is 9.92. The minimum Gasteiger partial charge on any atom is -0.490 e. The van der Waals surface area contributed by atoms with E-state index in [0.717, 1.165) is 5.75 Å². The van der Waals surface area contributed by atoms with Gasteiger partial charge in [0.15, 0.2) is 0 Å². The molecule has 0 spiro atoms. The lowest BCUT2D eigenvalue weighted by Gasteiger charge is -2.20. The Labute approximate surface area is 104 Å². The summed E-state index contributed by atoms with van der Waals surface area (Å²) in [5, 5.41) is 0. The molecule has 2 heteroatoms. The molecule has 0 radical (unpaired) electrons. The third kappa shape index (κ3) is 3.47. The summed E-state index contributed by atoms with van der Waals surface area (Å²) in [7, 11) is 0. The molecule has 2 nitrogen and oxygen atoms in total. The van der Waals surface area contributed by atoms with Crippen LogP contribution in [0.25, 0.3) is 0 Å². The van der Waals surface area contributed by atoms with E-state index >= 15 is 0 Å². The van der Waals surface area contributed by atoms with Gasteiger partial charge in [-0.2, -0.15) is 0 Å². The molecular weight excluding hydrogens is 210 g/mol. The predicted molar refractivity (Wildman–Crippen MR) is 71.1 cm³/mol. The quantitative estimate of drug-likeness (QED) is 0.813. The van der Waals surface area contributed by atoms with Gasteiger partial charge in [-0.25, -0.2) is 0 Å². The summed E-state index contributed by atoms with van der Waals surface area (Å²) >= 11 is 0. The van der Waals surface area contributed by atoms with Crippen molar-refractivity contribution in [2.45, 2.75) is 51.7 Å². The van der Waals surface area contributed by atoms with Crippen LogP contribution in [0.2, 0.25) is 0 Å². The first kappa shape index (κ1) is 12.4. The Morgan fingerprint density at radius 2 is 2.18 bits per heavy atom. The second kappa shape index (κ2) is 5.54. The Bertz CT molecular complexity index is 360. The molecule has 17 heavy (non-hydrogen) atoms. The fourth-order valence-electron chi connectivity index (χ4n) is 2.14. The lowest BCUT2D eigenvalue weighted by molar-refractivity contribution is 0.302. The van der Waals surface area contributed by atoms with Crippen LogP contribution >= 0.6 is 0 Å². The number of hydrogen-bond donors (Lipinski definition) is 1. The van der Waals surface area contributed by atoms with Gasteiger partial charge in [-0.05, 0) is 42.9 Å². The van der Waals surface area contributed by atoms with Gasteiger partial charge in [0.1, 0.15) is 5.75 Å². The van der Waals surface area contributed by atoms with Gasteiger partial charge in [0.05, 0.1) is 6.10 Å². The summed E-state index contributed by atoms with van der Waals surface area (Å²) in [6, 6.07) is 8.41. The molecule has 2 rings (SSSR count). The number of ether oxygens (including phenoxy) is 1. The molecule has 2 unspecified atom stereocenters. The summed E-state index contributed by atoms with van der Waals surface area (Å²) in [4.78, 5) is 0. The zero-order valence-electron chi connectivity index (χ0n) is 10.9. The van der Waals surface area contributed by atoms with Gasteiger partial charge in [0.2, 0.25) is 0 Å². The normalized spacial score (nSPS) is 18.8. The van der Waals surface area contributed by atoms with Crippen molar-refractivity contribution < 1.29 is 4.74 Å². The number of nitrogens with two attached hydrogens (primary N) is 1. The van der Waals surface area contributed by atoms with E-state index in [0.29, 0.717) is 12.0 Å². The van der Waals surface area contributed by atoms with E-state index in [4.69, 9.17) is 10.5 Å². The van der Waals surface area contributed by atoms with Crippen molar-refractivity contribution in [2.24, 2.45) is 11.7 Å². The molecule has 0 aliphatic heterocycles. The summed E-state index contributed by atoms with van der Waals surface area (Å²) in [5.74, 6) is 1.50. The molecule has 0 amide bonds. The molecule has 1 aliphatic rings. The predicted octanol–water partition coefficient (Wildman–Crippen LogP) is 3.66. The Balaban J connectivity index is 2.03. The van der Waals surface area contributed by atoms with Crippen LogP contribution in [0.15, 0.2) is 24.3 Å². The van der Waals surface area contributed by atoms with Gasteiger partial charge in [0, 0.05) is 6.04 Å². The van der Waals surface area contributed by atoms with E-state index in [1.807, 2.05) is 12.1 Å². The topological polar surface area (TPSA) is 35.2 Å². The van der Waals surface area contributed by atoms with E-state index in [2.05, 4.69) is 26.0 Å². The lowest BCUT2D eigenvalue weighted by Crippen LogP contribution is -2.19. The second-order valence-electron chi connectivity index (χ2n) is 5.18. The highest BCUT2D eigenvalue weighted by Crippen LogP contribution is 2.30. The van der Waals surface area contributed by atoms with Crippen LogP contribution in [0, 0.1) is 5.92 Å². The van der Waals surface area contributed by atoms with Crippen LogP contribution in [-0.4, -0.2) is 6.10 Å². The van der Waals surface area contributed by atoms with Gasteiger partial charge in [0.25, 0.3) is 0 Å². The molecule has 2 atom stereocenters. The van der Waals surface area contributed by atoms with Crippen LogP contribution < -0.4 is 10.5 Å². The minimum absolute atomic E-state index is 0.123. The maximum Gasteiger partial charge on any atom is 0.120 e. The molecule has 2 N–H and O–H groups in total. The average molecular weight is 233 g/mol. The molecule has 94 valence electrons. The van der Waals surface area contributed by atoms with Crippen LogP contribution in [0.4, 0.5) is 0 Å². The highest BCUT2D eigenvalue weighted by molar-refractivity contribution is 5.31. The van der Waals surface area contributed by atoms with E-state index in [1.165, 1.54) is 31.2 Å². The fraction of sp³-hybridized carbons (Fsp3) is 0.600. The van der Waals surface area contributed by atoms with Crippen molar-refractivity contribution in [1.82, 2.24) is 0 Å². The molecule has 0 aromatic heterocycles. The first-order valence-corrected chi connectivity index (χ1v) is 6.73. The van der Waals surface area contributed by atoms with Gasteiger partial charge in [-0.3, -0.25) is 0 Å². The monoisotopic (exact) mass is 233 g/mol. The summed E-state index contributed by atoms with van der Waals surface area (Å²) in [5.41, 5.74) is 7.48. The van der Waals surface area contributed by atoms with Crippen LogP contribution in [-0.2, 0) is 0 Å². The Morgan fingerprint density at radius 3 is 2.82 bits per heavy atom. The average Bonchev–Trinajstić information content (AvgIpc) is 3.12. The van der Waals surface area contributed by atoms with Crippen LogP contribution in [0.5, 0.6) is 5.75 Å². The maximum absolute atomic E-state index is 6.28. The summed E-state index contributed by atoms with van der Waals surface area (Å²) in [6.45, 7) is 4.43. The third-order valence-corrected chi connectivity index (χ3v) is 3.43. The number of rotatable bonds is 6. The largest absolute Gasteiger partial charge is 0.490 e. The molecule has 1 aliphatic carbocycles. The van der Waals surface area contributed by atoms with Crippen molar-refractivity contribution in [3.8, 4) is 5.75 Å². The van der Waals surface area contributed by atoms with Gasteiger partial charge in [-0.15, -0.1) is 0 Å². The Morgan fingerprint density at radius 1 is 1.41 bits per heavy atom. The zero-order valence-corrected chi connectivity index (χ0v) is 10.9. The molecule has 0 bridgehead atoms. The van der Waals surface area contributed by atoms with Gasteiger partial charge < -0.3 is 10.5 Å². The zero-order chi connectivity index (χ0) is 12.3. The van der Waals surface area contributed by atoms with E-state index < -0.39 is 0 Å². The Hall–Kier alpha value is -1.02. The van der Waals surface area contributed by atoms with Crippen molar-refractivity contribution in [1.29, 1.82) is 0 Å². The van der Waals surface area contributed by atoms with Crippen molar-refractivity contribution in [3.63, 3.8) is 0 Å². The molecule has 0 saturated heterocycles. The van der Waals surface area contributed by atoms with E-state index in [9.17, 15) is 0 Å². The maximum atomic E-state index is 6.28. The first-order chi connectivity index (χ1) is 8.20. The minimum atomic E-state index is 0.123. The molecule has 1 aromatic carbocycles. The Kier molecular flexibility index (Phi) is 4.06. The van der Waals surface area contributed by atoms with E-state index in [-0.39, 0.29) is 6.04 Å². The SMILES string of the molecule is CCCC(C)C(N)c1cccc(OC2CC2)c1. The smallest absolute Gasteiger partial charge is 0.120 e. The molecule has 1 aromatic rings. The molecule has 1 saturated carbocycles. The third-order valence-electron chi connectivity index (χ3n) is 3.43. The van der Waals surface area contributed by atoms with Crippen molar-refractivity contribution in [3.05, 3.63) is 29.8 Å². The van der Waals surface area contributed by atoms with Crippen molar-refractivity contribution in [2.75, 3.05) is 0 Å². The fourth-order valence-corrected chi connectivity index (χ4v) is 2.14. The number of hydrogen-bond acceptors (Lipinski definition) is 2. The highest BCUT2D eigenvalue weighted by Gasteiger charge is 2.23. The van der Waals surface area contributed by atoms with Crippen molar-refractivity contribution >= 4 is 0 Å². The standard InChI is InChI=1S/C15H23NO/c1-3-5-11(2)15(16)12-6-4-7-14(10-12)17-13-8-9-13/h4,6-7,10-11,13,15H,3,5,8-9,16H2,1-2H3. The summed E-state index contributed by atoms with van der Waals surface area (Å²) in [6.07, 6.45) is 5.21. The molecule has 0 heterocycles. The highest BCUT2D eigenvalue weighted by atomic mass is 16.5.